The Morgan fingerprint density at radius 2 is 2.14 bits per heavy atom. The summed E-state index contributed by atoms with van der Waals surface area (Å²) in [6.45, 7) is 3.97. The molecule has 0 bridgehead atoms. The molecule has 4 N–H and O–H groups in total. The van der Waals surface area contributed by atoms with Gasteiger partial charge in [0.2, 0.25) is 11.8 Å². The molecule has 7 nitrogen and oxygen atoms in total. The first-order valence-corrected chi connectivity index (χ1v) is 6.74. The number of aromatic nitrogens is 2. The molecule has 1 saturated carbocycles. The molecular weight excluding hydrogens is 294 g/mol. The number of hydrogen-bond acceptors (Lipinski definition) is 4. The maximum Gasteiger partial charge on any atom is 0.241 e. The second-order valence-electron chi connectivity index (χ2n) is 5.81. The molecule has 1 aromatic heterocycles. The fourth-order valence-electron chi connectivity index (χ4n) is 1.56. The highest BCUT2D eigenvalue weighted by atomic mass is 35.5. The maximum absolute atomic E-state index is 11.9. The number of nitrogens with two attached hydrogens (primary N) is 1. The summed E-state index contributed by atoms with van der Waals surface area (Å²) < 4.78 is 1.50. The molecule has 2 rings (SSSR count). The number of nitrogens with zero attached hydrogens (tertiary/aromatic N) is 2. The van der Waals surface area contributed by atoms with E-state index in [-0.39, 0.29) is 37.3 Å². The first-order valence-electron chi connectivity index (χ1n) is 6.74. The smallest absolute Gasteiger partial charge is 0.241 e. The molecule has 0 aromatic carbocycles. The van der Waals surface area contributed by atoms with Gasteiger partial charge in [0.15, 0.2) is 0 Å². The van der Waals surface area contributed by atoms with Crippen LogP contribution in [-0.4, -0.2) is 34.2 Å². The summed E-state index contributed by atoms with van der Waals surface area (Å²) in [6, 6.07) is 0.336. The van der Waals surface area contributed by atoms with Crippen LogP contribution < -0.4 is 16.4 Å². The number of amides is 2. The van der Waals surface area contributed by atoms with Crippen molar-refractivity contribution in [3.05, 3.63) is 12.4 Å². The zero-order chi connectivity index (χ0) is 14.8. The minimum atomic E-state index is -0.633. The van der Waals surface area contributed by atoms with Crippen LogP contribution in [0.2, 0.25) is 0 Å². The number of carbonyl (C=O) groups is 2. The fraction of sp³-hybridized carbons (Fsp3) is 0.615. The molecule has 1 heterocycles. The topological polar surface area (TPSA) is 102 Å². The second-order valence-corrected chi connectivity index (χ2v) is 5.81. The van der Waals surface area contributed by atoms with Gasteiger partial charge in [0.25, 0.3) is 0 Å². The molecule has 118 valence electrons. The number of anilines is 1. The van der Waals surface area contributed by atoms with E-state index in [0.717, 1.165) is 12.8 Å². The third-order valence-electron chi connectivity index (χ3n) is 3.26. The van der Waals surface area contributed by atoms with Gasteiger partial charge < -0.3 is 16.4 Å². The molecular formula is C13H22ClN5O2. The van der Waals surface area contributed by atoms with Crippen LogP contribution in [0.15, 0.2) is 12.4 Å². The van der Waals surface area contributed by atoms with Crippen LogP contribution in [0.4, 0.5) is 5.69 Å². The molecule has 1 aliphatic carbocycles. The average molecular weight is 316 g/mol. The quantitative estimate of drug-likeness (QED) is 0.711. The summed E-state index contributed by atoms with van der Waals surface area (Å²) in [5, 5.41) is 9.68. The zero-order valence-corrected chi connectivity index (χ0v) is 13.1. The Hall–Kier alpha value is -1.60. The second kappa shape index (κ2) is 6.91. The third kappa shape index (κ3) is 5.02. The van der Waals surface area contributed by atoms with Crippen molar-refractivity contribution in [2.45, 2.75) is 39.3 Å². The lowest BCUT2D eigenvalue weighted by molar-refractivity contribution is -0.123. The van der Waals surface area contributed by atoms with E-state index in [4.69, 9.17) is 5.73 Å². The van der Waals surface area contributed by atoms with E-state index in [2.05, 4.69) is 15.7 Å². The highest BCUT2D eigenvalue weighted by Crippen LogP contribution is 2.19. The van der Waals surface area contributed by atoms with Gasteiger partial charge in [-0.15, -0.1) is 12.4 Å². The molecule has 0 saturated heterocycles. The van der Waals surface area contributed by atoms with Crippen molar-refractivity contribution in [1.29, 1.82) is 0 Å². The molecule has 21 heavy (non-hydrogen) atoms. The number of nitrogens with one attached hydrogen (secondary N) is 2. The van der Waals surface area contributed by atoms with Crippen LogP contribution in [0.5, 0.6) is 0 Å². The predicted molar refractivity (Wildman–Crippen MR) is 82.1 cm³/mol. The van der Waals surface area contributed by atoms with Gasteiger partial charge in [-0.1, -0.05) is 0 Å². The molecule has 1 aliphatic rings. The van der Waals surface area contributed by atoms with E-state index in [0.29, 0.717) is 11.7 Å². The Labute approximate surface area is 130 Å². The zero-order valence-electron chi connectivity index (χ0n) is 12.3. The van der Waals surface area contributed by atoms with Crippen LogP contribution in [0, 0.1) is 5.41 Å². The number of rotatable bonds is 6. The molecule has 0 unspecified atom stereocenters. The first kappa shape index (κ1) is 17.5. The Balaban J connectivity index is 0.00000220. The van der Waals surface area contributed by atoms with Crippen molar-refractivity contribution < 1.29 is 9.59 Å². The van der Waals surface area contributed by atoms with Gasteiger partial charge in [0, 0.05) is 18.8 Å². The van der Waals surface area contributed by atoms with Gasteiger partial charge in [-0.25, -0.2) is 0 Å². The number of halogens is 1. The van der Waals surface area contributed by atoms with Crippen LogP contribution in [0.25, 0.3) is 0 Å². The van der Waals surface area contributed by atoms with Gasteiger partial charge in [-0.2, -0.15) is 5.10 Å². The lowest BCUT2D eigenvalue weighted by Gasteiger charge is -2.20. The highest BCUT2D eigenvalue weighted by molar-refractivity contribution is 5.94. The van der Waals surface area contributed by atoms with Crippen LogP contribution in [0.3, 0.4) is 0 Å². The predicted octanol–water partition coefficient (Wildman–Crippen LogP) is 0.507. The SMILES string of the molecule is CC(C)(CN)C(=O)Nc1cnn(CC(=O)NC2CC2)c1.Cl. The summed E-state index contributed by atoms with van der Waals surface area (Å²) in [5.74, 6) is -0.224. The lowest BCUT2D eigenvalue weighted by atomic mass is 9.93. The minimum Gasteiger partial charge on any atom is -0.352 e. The Morgan fingerprint density at radius 1 is 1.48 bits per heavy atom. The Bertz CT molecular complexity index is 510. The molecule has 1 fully saturated rings. The standard InChI is InChI=1S/C13H21N5O2.ClH/c1-13(2,8-14)12(20)17-10-5-15-18(6-10)7-11(19)16-9-3-4-9;/h5-6,9H,3-4,7-8,14H2,1-2H3,(H,16,19)(H,17,20);1H. The molecule has 0 aliphatic heterocycles. The van der Waals surface area contributed by atoms with Crippen LogP contribution in [-0.2, 0) is 16.1 Å². The average Bonchev–Trinajstić information content (AvgIpc) is 3.09. The highest BCUT2D eigenvalue weighted by Gasteiger charge is 2.26. The summed E-state index contributed by atoms with van der Waals surface area (Å²) in [7, 11) is 0. The van der Waals surface area contributed by atoms with E-state index in [1.807, 2.05) is 0 Å². The van der Waals surface area contributed by atoms with Crippen molar-refractivity contribution in [2.24, 2.45) is 11.1 Å². The van der Waals surface area contributed by atoms with E-state index in [1.54, 1.807) is 20.0 Å². The monoisotopic (exact) mass is 315 g/mol. The van der Waals surface area contributed by atoms with Gasteiger partial charge in [0.05, 0.1) is 17.3 Å². The molecule has 0 atom stereocenters. The first-order chi connectivity index (χ1) is 9.40. The molecule has 1 aromatic rings. The van der Waals surface area contributed by atoms with Crippen LogP contribution in [0.1, 0.15) is 26.7 Å². The van der Waals surface area contributed by atoms with Crippen molar-refractivity contribution >= 4 is 29.9 Å². The Morgan fingerprint density at radius 3 is 2.71 bits per heavy atom. The maximum atomic E-state index is 11.9. The van der Waals surface area contributed by atoms with E-state index in [1.165, 1.54) is 10.9 Å². The van der Waals surface area contributed by atoms with Crippen molar-refractivity contribution in [2.75, 3.05) is 11.9 Å². The van der Waals surface area contributed by atoms with Gasteiger partial charge >= 0.3 is 0 Å². The van der Waals surface area contributed by atoms with E-state index in [9.17, 15) is 9.59 Å². The Kier molecular flexibility index (Phi) is 5.74. The fourth-order valence-corrected chi connectivity index (χ4v) is 1.56. The molecule has 8 heteroatoms. The number of hydrogen-bond donors (Lipinski definition) is 3. The van der Waals surface area contributed by atoms with E-state index >= 15 is 0 Å². The summed E-state index contributed by atoms with van der Waals surface area (Å²) in [6.07, 6.45) is 5.27. The minimum absolute atomic E-state index is 0. The van der Waals surface area contributed by atoms with Gasteiger partial charge in [-0.3, -0.25) is 14.3 Å². The number of carbonyl (C=O) groups excluding carboxylic acids is 2. The molecule has 0 spiro atoms. The van der Waals surface area contributed by atoms with Gasteiger partial charge in [-0.05, 0) is 26.7 Å². The molecule has 2 amide bonds. The largest absolute Gasteiger partial charge is 0.352 e. The lowest BCUT2D eigenvalue weighted by Crippen LogP contribution is -2.37. The van der Waals surface area contributed by atoms with Gasteiger partial charge in [0.1, 0.15) is 6.54 Å². The van der Waals surface area contributed by atoms with Crippen molar-refractivity contribution in [1.82, 2.24) is 15.1 Å². The third-order valence-corrected chi connectivity index (χ3v) is 3.26. The summed E-state index contributed by atoms with van der Waals surface area (Å²) in [5.41, 5.74) is 5.48. The van der Waals surface area contributed by atoms with Crippen molar-refractivity contribution in [3.63, 3.8) is 0 Å². The normalized spacial score (nSPS) is 14.2. The molecule has 0 radical (unpaired) electrons. The van der Waals surface area contributed by atoms with E-state index < -0.39 is 5.41 Å². The van der Waals surface area contributed by atoms with Crippen molar-refractivity contribution in [3.8, 4) is 0 Å². The van der Waals surface area contributed by atoms with Crippen LogP contribution >= 0.6 is 12.4 Å². The summed E-state index contributed by atoms with van der Waals surface area (Å²) in [4.78, 5) is 23.6. The summed E-state index contributed by atoms with van der Waals surface area (Å²) >= 11 is 0.